The summed E-state index contributed by atoms with van der Waals surface area (Å²) in [5.74, 6) is 0. The number of fused-ring (bicyclic) bond motifs is 12. The molecule has 2 aliphatic rings. The van der Waals surface area contributed by atoms with E-state index in [-0.39, 0.29) is 0 Å². The van der Waals surface area contributed by atoms with Crippen molar-refractivity contribution in [1.29, 1.82) is 0 Å². The van der Waals surface area contributed by atoms with Crippen molar-refractivity contribution < 1.29 is 0 Å². The molecule has 0 bridgehead atoms. The minimum Gasteiger partial charge on any atom is -0.309 e. The van der Waals surface area contributed by atoms with Gasteiger partial charge in [0.2, 0.25) is 0 Å². The van der Waals surface area contributed by atoms with E-state index in [2.05, 4.69) is 179 Å². The Morgan fingerprint density at radius 3 is 0.962 bits per heavy atom. The Morgan fingerprint density at radius 1 is 0.288 bits per heavy atom. The van der Waals surface area contributed by atoms with Gasteiger partial charge in [0.15, 0.2) is 0 Å². The van der Waals surface area contributed by atoms with E-state index in [1.807, 2.05) is 0 Å². The molecular weight excluding hydrogens is 629 g/mol. The summed E-state index contributed by atoms with van der Waals surface area (Å²) in [7, 11) is 0. The first-order chi connectivity index (χ1) is 25.8. The van der Waals surface area contributed by atoms with Crippen LogP contribution in [0.5, 0.6) is 0 Å². The molecule has 0 radical (unpaired) electrons. The molecule has 0 saturated carbocycles. The summed E-state index contributed by atoms with van der Waals surface area (Å²) in [6.07, 6.45) is 1.95. The number of benzene rings is 8. The van der Waals surface area contributed by atoms with Crippen LogP contribution < -0.4 is 0 Å². The van der Waals surface area contributed by atoms with Crippen LogP contribution in [0.3, 0.4) is 0 Å². The van der Waals surface area contributed by atoms with Crippen molar-refractivity contribution in [1.82, 2.24) is 9.13 Å². The lowest BCUT2D eigenvalue weighted by atomic mass is 9.95. The molecule has 0 fully saturated rings. The third-order valence-corrected chi connectivity index (χ3v) is 11.8. The van der Waals surface area contributed by atoms with E-state index in [1.54, 1.807) is 0 Å². The maximum atomic E-state index is 2.43. The molecule has 2 heterocycles. The summed E-state index contributed by atoms with van der Waals surface area (Å²) < 4.78 is 4.86. The van der Waals surface area contributed by atoms with Gasteiger partial charge in [0.05, 0.1) is 22.1 Å². The largest absolute Gasteiger partial charge is 0.309 e. The van der Waals surface area contributed by atoms with Crippen LogP contribution in [0.1, 0.15) is 22.3 Å². The highest BCUT2D eigenvalue weighted by atomic mass is 15.0. The van der Waals surface area contributed by atoms with Crippen molar-refractivity contribution in [2.24, 2.45) is 0 Å². The van der Waals surface area contributed by atoms with Crippen molar-refractivity contribution in [3.8, 4) is 44.8 Å². The molecule has 0 saturated heterocycles. The van der Waals surface area contributed by atoms with Crippen LogP contribution in [-0.4, -0.2) is 9.13 Å². The summed E-state index contributed by atoms with van der Waals surface area (Å²) in [5.41, 5.74) is 20.9. The number of nitrogens with zero attached hydrogens (tertiary/aromatic N) is 2. The van der Waals surface area contributed by atoms with Gasteiger partial charge in [-0.05, 0) is 129 Å². The van der Waals surface area contributed by atoms with Crippen molar-refractivity contribution >= 4 is 43.6 Å². The highest BCUT2D eigenvalue weighted by Gasteiger charge is 2.24. The predicted molar refractivity (Wildman–Crippen MR) is 217 cm³/mol. The molecule has 2 heteroatoms. The summed E-state index contributed by atoms with van der Waals surface area (Å²) in [4.78, 5) is 0. The second kappa shape index (κ2) is 10.4. The van der Waals surface area contributed by atoms with E-state index >= 15 is 0 Å². The van der Waals surface area contributed by atoms with Crippen LogP contribution in [0, 0.1) is 0 Å². The third kappa shape index (κ3) is 3.89. The first kappa shape index (κ1) is 28.1. The normalized spacial score (nSPS) is 12.8. The molecule has 2 nitrogen and oxygen atoms in total. The lowest BCUT2D eigenvalue weighted by Crippen LogP contribution is -1.95. The Labute approximate surface area is 301 Å². The van der Waals surface area contributed by atoms with Gasteiger partial charge in [0, 0.05) is 32.9 Å². The standard InChI is InChI=1S/C50H32N2/c1-5-13-47-39(9-1)40-10-2-6-14-48(40)51(47)37-23-21-35-25-33-19-17-31(27-43(33)45(35)29-37)32-18-20-34-26-36-22-24-38(30-46(36)44(34)28-32)52-49-15-7-3-11-41(49)42-12-4-8-16-50(42)52/h1-24,27-30H,25-26H2. The van der Waals surface area contributed by atoms with Gasteiger partial charge >= 0.3 is 0 Å². The molecule has 0 atom stereocenters. The Kier molecular flexibility index (Phi) is 5.64. The summed E-state index contributed by atoms with van der Waals surface area (Å²) in [5, 5.41) is 5.17. The van der Waals surface area contributed by atoms with Crippen molar-refractivity contribution in [2.45, 2.75) is 12.8 Å². The average molecular weight is 661 g/mol. The molecule has 242 valence electrons. The maximum Gasteiger partial charge on any atom is 0.0541 e. The first-order valence-electron chi connectivity index (χ1n) is 18.3. The number of rotatable bonds is 3. The highest BCUT2D eigenvalue weighted by molar-refractivity contribution is 6.10. The minimum atomic E-state index is 0.974. The lowest BCUT2D eigenvalue weighted by molar-refractivity contribution is 1.17. The number of hydrogen-bond acceptors (Lipinski definition) is 0. The summed E-state index contributed by atoms with van der Waals surface area (Å²) in [6.45, 7) is 0. The van der Waals surface area contributed by atoms with Crippen LogP contribution in [0.2, 0.25) is 0 Å². The van der Waals surface area contributed by atoms with Gasteiger partial charge in [0.25, 0.3) is 0 Å². The SMILES string of the molecule is c1ccc2c(c1)c1ccccc1n2-c1ccc2c(c1)-c1cc(-c3ccc4c(c3)-c3cc(-n5c6ccccc6c6ccccc65)ccc3C4)ccc1C2. The van der Waals surface area contributed by atoms with E-state index in [0.29, 0.717) is 0 Å². The second-order valence-electron chi connectivity index (χ2n) is 14.5. The molecule has 2 aromatic heterocycles. The topological polar surface area (TPSA) is 9.86 Å². The highest BCUT2D eigenvalue weighted by Crippen LogP contribution is 2.44. The third-order valence-electron chi connectivity index (χ3n) is 11.8. The van der Waals surface area contributed by atoms with Gasteiger partial charge in [-0.15, -0.1) is 0 Å². The van der Waals surface area contributed by atoms with E-state index in [9.17, 15) is 0 Å². The van der Waals surface area contributed by atoms with E-state index in [0.717, 1.165) is 12.8 Å². The zero-order chi connectivity index (χ0) is 33.9. The molecule has 0 aliphatic heterocycles. The molecule has 10 aromatic rings. The fraction of sp³-hybridized carbons (Fsp3) is 0.0400. The molecule has 0 N–H and O–H groups in total. The summed E-state index contributed by atoms with van der Waals surface area (Å²) in [6, 6.07) is 63.4. The quantitative estimate of drug-likeness (QED) is 0.178. The maximum absolute atomic E-state index is 2.43. The van der Waals surface area contributed by atoms with Crippen molar-refractivity contribution in [3.63, 3.8) is 0 Å². The molecule has 8 aromatic carbocycles. The molecule has 0 amide bonds. The van der Waals surface area contributed by atoms with Crippen LogP contribution >= 0.6 is 0 Å². The number of aromatic nitrogens is 2. The van der Waals surface area contributed by atoms with Crippen LogP contribution in [-0.2, 0) is 12.8 Å². The molecule has 0 unspecified atom stereocenters. The van der Waals surface area contributed by atoms with E-state index in [1.165, 1.54) is 111 Å². The van der Waals surface area contributed by atoms with Gasteiger partial charge in [-0.25, -0.2) is 0 Å². The zero-order valence-electron chi connectivity index (χ0n) is 28.5. The van der Waals surface area contributed by atoms with Gasteiger partial charge in [-0.2, -0.15) is 0 Å². The molecule has 2 aliphatic carbocycles. The van der Waals surface area contributed by atoms with Crippen LogP contribution in [0.25, 0.3) is 88.4 Å². The Hall–Kier alpha value is -6.64. The smallest absolute Gasteiger partial charge is 0.0541 e. The molecule has 52 heavy (non-hydrogen) atoms. The Bertz CT molecular complexity index is 2810. The first-order valence-corrected chi connectivity index (χ1v) is 18.3. The fourth-order valence-corrected chi connectivity index (χ4v) is 9.35. The second-order valence-corrected chi connectivity index (χ2v) is 14.5. The molecular formula is C50H32N2. The van der Waals surface area contributed by atoms with Crippen molar-refractivity contribution in [2.75, 3.05) is 0 Å². The van der Waals surface area contributed by atoms with E-state index < -0.39 is 0 Å². The van der Waals surface area contributed by atoms with Crippen molar-refractivity contribution in [3.05, 3.63) is 192 Å². The Balaban J connectivity index is 0.960. The monoisotopic (exact) mass is 660 g/mol. The number of hydrogen-bond donors (Lipinski definition) is 0. The van der Waals surface area contributed by atoms with Crippen LogP contribution in [0.15, 0.2) is 170 Å². The zero-order valence-corrected chi connectivity index (χ0v) is 28.5. The fourth-order valence-electron chi connectivity index (χ4n) is 9.35. The molecule has 12 rings (SSSR count). The van der Waals surface area contributed by atoms with Crippen LogP contribution in [0.4, 0.5) is 0 Å². The van der Waals surface area contributed by atoms with Gasteiger partial charge < -0.3 is 9.13 Å². The number of para-hydroxylation sites is 4. The minimum absolute atomic E-state index is 0.974. The molecule has 0 spiro atoms. The van der Waals surface area contributed by atoms with Gasteiger partial charge in [-0.3, -0.25) is 0 Å². The Morgan fingerprint density at radius 2 is 0.596 bits per heavy atom. The summed E-state index contributed by atoms with van der Waals surface area (Å²) >= 11 is 0. The average Bonchev–Trinajstić information content (AvgIpc) is 3.94. The van der Waals surface area contributed by atoms with Gasteiger partial charge in [0.1, 0.15) is 0 Å². The predicted octanol–water partition coefficient (Wildman–Crippen LogP) is 12.7. The van der Waals surface area contributed by atoms with E-state index in [4.69, 9.17) is 0 Å². The van der Waals surface area contributed by atoms with Gasteiger partial charge in [-0.1, -0.05) is 109 Å². The lowest BCUT2D eigenvalue weighted by Gasteiger charge is -2.12.